The van der Waals surface area contributed by atoms with Crippen LogP contribution in [0.15, 0.2) is 0 Å². The Kier molecular flexibility index (Phi) is 6.21. The van der Waals surface area contributed by atoms with E-state index in [1.165, 1.54) is 38.6 Å². The molecular formula is C16H30F2N2. The molecule has 4 heteroatoms. The second-order valence-electron chi connectivity index (χ2n) is 6.82. The zero-order chi connectivity index (χ0) is 14.5. The van der Waals surface area contributed by atoms with Gasteiger partial charge in [-0.05, 0) is 37.5 Å². The Balaban J connectivity index is 1.87. The molecule has 0 aromatic carbocycles. The van der Waals surface area contributed by atoms with E-state index in [9.17, 15) is 8.78 Å². The van der Waals surface area contributed by atoms with Crippen LogP contribution in [-0.2, 0) is 0 Å². The Morgan fingerprint density at radius 2 is 2.05 bits per heavy atom. The third-order valence-electron chi connectivity index (χ3n) is 5.14. The lowest BCUT2D eigenvalue weighted by Gasteiger charge is -2.48. The second-order valence-corrected chi connectivity index (χ2v) is 6.82. The van der Waals surface area contributed by atoms with Gasteiger partial charge in [-0.15, -0.1) is 0 Å². The highest BCUT2D eigenvalue weighted by Gasteiger charge is 2.37. The fraction of sp³-hybridized carbons (Fsp3) is 1.00. The van der Waals surface area contributed by atoms with E-state index in [2.05, 4.69) is 24.1 Å². The van der Waals surface area contributed by atoms with Gasteiger partial charge in [0.1, 0.15) is 0 Å². The molecule has 20 heavy (non-hydrogen) atoms. The summed E-state index contributed by atoms with van der Waals surface area (Å²) < 4.78 is 24.8. The smallest absolute Gasteiger partial charge is 0.250 e. The molecular weight excluding hydrogens is 258 g/mol. The highest BCUT2D eigenvalue weighted by atomic mass is 19.3. The lowest BCUT2D eigenvalue weighted by atomic mass is 9.77. The van der Waals surface area contributed by atoms with E-state index >= 15 is 0 Å². The van der Waals surface area contributed by atoms with Gasteiger partial charge >= 0.3 is 0 Å². The largest absolute Gasteiger partial charge is 0.307 e. The van der Waals surface area contributed by atoms with Crippen molar-refractivity contribution < 1.29 is 8.78 Å². The van der Waals surface area contributed by atoms with E-state index < -0.39 is 6.43 Å². The number of hydrogen-bond acceptors (Lipinski definition) is 2. The Labute approximate surface area is 122 Å². The molecule has 0 spiro atoms. The van der Waals surface area contributed by atoms with Crippen LogP contribution in [0, 0.1) is 11.8 Å². The molecule has 1 heterocycles. The minimum Gasteiger partial charge on any atom is -0.307 e. The van der Waals surface area contributed by atoms with Gasteiger partial charge in [0, 0.05) is 25.2 Å². The maximum Gasteiger partial charge on any atom is 0.250 e. The summed E-state index contributed by atoms with van der Waals surface area (Å²) in [7, 11) is 0. The van der Waals surface area contributed by atoms with E-state index in [1.54, 1.807) is 0 Å². The number of alkyl halides is 2. The molecule has 1 N–H and O–H groups in total. The maximum absolute atomic E-state index is 12.4. The summed E-state index contributed by atoms with van der Waals surface area (Å²) >= 11 is 0. The fourth-order valence-electron chi connectivity index (χ4n) is 3.81. The third kappa shape index (κ3) is 4.39. The number of nitrogens with one attached hydrogen (secondary N) is 1. The van der Waals surface area contributed by atoms with Crippen LogP contribution in [0.4, 0.5) is 8.78 Å². The zero-order valence-electron chi connectivity index (χ0n) is 13.0. The highest BCUT2D eigenvalue weighted by Crippen LogP contribution is 2.35. The molecule has 4 atom stereocenters. The Bertz CT molecular complexity index is 286. The van der Waals surface area contributed by atoms with Gasteiger partial charge in [-0.1, -0.05) is 26.7 Å². The van der Waals surface area contributed by atoms with Crippen LogP contribution in [0.5, 0.6) is 0 Å². The van der Waals surface area contributed by atoms with Crippen LogP contribution in [0.1, 0.15) is 52.4 Å². The van der Waals surface area contributed by atoms with Crippen molar-refractivity contribution in [1.82, 2.24) is 10.2 Å². The number of unbranched alkanes of at least 4 members (excludes halogenated alkanes) is 1. The molecule has 1 aliphatic heterocycles. The molecule has 4 unspecified atom stereocenters. The van der Waals surface area contributed by atoms with Gasteiger partial charge in [0.2, 0.25) is 0 Å². The number of halogens is 2. The van der Waals surface area contributed by atoms with Gasteiger partial charge < -0.3 is 5.32 Å². The molecule has 2 fully saturated rings. The van der Waals surface area contributed by atoms with E-state index in [-0.39, 0.29) is 12.6 Å². The molecule has 2 aliphatic rings. The Morgan fingerprint density at radius 1 is 1.25 bits per heavy atom. The molecule has 1 saturated heterocycles. The fourth-order valence-corrected chi connectivity index (χ4v) is 3.81. The topological polar surface area (TPSA) is 15.3 Å². The number of hydrogen-bond donors (Lipinski definition) is 1. The molecule has 2 nitrogen and oxygen atoms in total. The van der Waals surface area contributed by atoms with Crippen molar-refractivity contribution in [2.45, 2.75) is 70.9 Å². The van der Waals surface area contributed by atoms with Crippen molar-refractivity contribution in [3.05, 3.63) is 0 Å². The van der Waals surface area contributed by atoms with Gasteiger partial charge in [0.05, 0.1) is 6.54 Å². The Hall–Kier alpha value is -0.220. The van der Waals surface area contributed by atoms with E-state index in [1.807, 2.05) is 0 Å². The molecule has 1 aliphatic carbocycles. The minimum absolute atomic E-state index is 0.154. The summed E-state index contributed by atoms with van der Waals surface area (Å²) in [6, 6.07) is 0.961. The van der Waals surface area contributed by atoms with Crippen molar-refractivity contribution in [3.8, 4) is 0 Å². The van der Waals surface area contributed by atoms with Crippen molar-refractivity contribution >= 4 is 0 Å². The standard InChI is InChI=1S/C16H30F2N2/c1-3-4-5-13-8-14(19-9-16(17)18)11-20(10-13)15-7-6-12(15)2/h12-16,19H,3-11H2,1-2H3. The molecule has 0 aromatic heterocycles. The van der Waals surface area contributed by atoms with E-state index in [0.29, 0.717) is 12.0 Å². The van der Waals surface area contributed by atoms with Crippen LogP contribution in [-0.4, -0.2) is 43.0 Å². The molecule has 1 saturated carbocycles. The number of piperidine rings is 1. The first-order valence-electron chi connectivity index (χ1n) is 8.35. The first-order valence-corrected chi connectivity index (χ1v) is 8.35. The van der Waals surface area contributed by atoms with Crippen LogP contribution in [0.25, 0.3) is 0 Å². The summed E-state index contributed by atoms with van der Waals surface area (Å²) in [5.74, 6) is 1.47. The van der Waals surface area contributed by atoms with Gasteiger partial charge in [-0.3, -0.25) is 4.90 Å². The highest BCUT2D eigenvalue weighted by molar-refractivity contribution is 4.92. The normalized spacial score (nSPS) is 35.2. The molecule has 0 bridgehead atoms. The van der Waals surface area contributed by atoms with Gasteiger partial charge in [-0.2, -0.15) is 0 Å². The average Bonchev–Trinajstić information content (AvgIpc) is 2.41. The molecule has 0 radical (unpaired) electrons. The Morgan fingerprint density at radius 3 is 2.60 bits per heavy atom. The number of likely N-dealkylation sites (tertiary alicyclic amines) is 1. The summed E-state index contributed by atoms with van der Waals surface area (Å²) in [5.41, 5.74) is 0. The van der Waals surface area contributed by atoms with Gasteiger partial charge in [0.15, 0.2) is 0 Å². The van der Waals surface area contributed by atoms with E-state index in [4.69, 9.17) is 0 Å². The van der Waals surface area contributed by atoms with Gasteiger partial charge in [0.25, 0.3) is 6.43 Å². The number of nitrogens with zero attached hydrogens (tertiary/aromatic N) is 1. The van der Waals surface area contributed by atoms with Crippen LogP contribution >= 0.6 is 0 Å². The van der Waals surface area contributed by atoms with Gasteiger partial charge in [-0.25, -0.2) is 8.78 Å². The summed E-state index contributed by atoms with van der Waals surface area (Å²) in [5, 5.41) is 3.08. The van der Waals surface area contributed by atoms with Crippen LogP contribution in [0.3, 0.4) is 0 Å². The van der Waals surface area contributed by atoms with Crippen molar-refractivity contribution in [2.75, 3.05) is 19.6 Å². The first-order chi connectivity index (χ1) is 9.60. The lowest BCUT2D eigenvalue weighted by molar-refractivity contribution is 0.0176. The van der Waals surface area contributed by atoms with Crippen LogP contribution in [0.2, 0.25) is 0 Å². The summed E-state index contributed by atoms with van der Waals surface area (Å²) in [6.07, 6.45) is 5.21. The minimum atomic E-state index is -2.23. The van der Waals surface area contributed by atoms with Crippen molar-refractivity contribution in [2.24, 2.45) is 11.8 Å². The first kappa shape index (κ1) is 16.2. The molecule has 2 rings (SSSR count). The number of rotatable bonds is 7. The lowest BCUT2D eigenvalue weighted by Crippen LogP contribution is -2.57. The average molecular weight is 288 g/mol. The van der Waals surface area contributed by atoms with Crippen molar-refractivity contribution in [3.63, 3.8) is 0 Å². The summed E-state index contributed by atoms with van der Waals surface area (Å²) in [6.45, 7) is 6.54. The second kappa shape index (κ2) is 7.69. The maximum atomic E-state index is 12.4. The predicted octanol–water partition coefficient (Wildman–Crippen LogP) is 3.52. The monoisotopic (exact) mass is 288 g/mol. The van der Waals surface area contributed by atoms with E-state index in [0.717, 1.165) is 18.9 Å². The SMILES string of the molecule is CCCCC1CC(NCC(F)F)CN(C2CCC2C)C1. The molecule has 0 aromatic rings. The predicted molar refractivity (Wildman–Crippen MR) is 79.2 cm³/mol. The molecule has 0 amide bonds. The third-order valence-corrected chi connectivity index (χ3v) is 5.14. The quantitative estimate of drug-likeness (QED) is 0.771. The van der Waals surface area contributed by atoms with Crippen molar-refractivity contribution in [1.29, 1.82) is 0 Å². The zero-order valence-corrected chi connectivity index (χ0v) is 13.0. The van der Waals surface area contributed by atoms with Crippen LogP contribution < -0.4 is 5.32 Å². The molecule has 118 valence electrons. The summed E-state index contributed by atoms with van der Waals surface area (Å²) in [4.78, 5) is 2.58.